The van der Waals surface area contributed by atoms with Crippen LogP contribution < -0.4 is 9.47 Å². The zero-order valence-electron chi connectivity index (χ0n) is 21.8. The molecule has 0 unspecified atom stereocenters. The maximum atomic E-state index is 13.6. The van der Waals surface area contributed by atoms with Gasteiger partial charge < -0.3 is 24.2 Å². The summed E-state index contributed by atoms with van der Waals surface area (Å²) in [5.41, 5.74) is 2.11. The van der Waals surface area contributed by atoms with Crippen molar-refractivity contribution in [1.29, 1.82) is 0 Å². The smallest absolute Gasteiger partial charge is 0.295 e. The van der Waals surface area contributed by atoms with Crippen LogP contribution >= 0.6 is 0 Å². The van der Waals surface area contributed by atoms with Crippen molar-refractivity contribution in [3.63, 3.8) is 0 Å². The third-order valence-electron chi connectivity index (χ3n) is 7.17. The summed E-state index contributed by atoms with van der Waals surface area (Å²) >= 11 is 0. The summed E-state index contributed by atoms with van der Waals surface area (Å²) in [6, 6.07) is 9.94. The van der Waals surface area contributed by atoms with Crippen LogP contribution in [0.25, 0.3) is 11.4 Å². The van der Waals surface area contributed by atoms with E-state index in [1.54, 1.807) is 35.7 Å². The predicted molar refractivity (Wildman–Crippen MR) is 140 cm³/mol. The molecule has 0 aliphatic carbocycles. The SMILES string of the molecule is COc1cccc([C@H]2/C(=C(\O)c3c(C)nc4ccccn34)C(=O)C(=O)N2CCCN2CCOCC2)c1OC. The van der Waals surface area contributed by atoms with Gasteiger partial charge in [-0.15, -0.1) is 0 Å². The Labute approximate surface area is 221 Å². The lowest BCUT2D eigenvalue weighted by Crippen LogP contribution is -2.39. The molecule has 0 saturated carbocycles. The number of aliphatic hydroxyl groups is 1. The summed E-state index contributed by atoms with van der Waals surface area (Å²) in [5.74, 6) is -0.801. The summed E-state index contributed by atoms with van der Waals surface area (Å²) < 4.78 is 18.3. The van der Waals surface area contributed by atoms with Crippen molar-refractivity contribution in [2.45, 2.75) is 19.4 Å². The number of ketones is 1. The molecular weight excluding hydrogens is 488 g/mol. The standard InChI is InChI=1S/C28H32N4O6/c1-18-23(31-12-5-4-10-21(31)29-18)25(33)22-24(19-8-6-9-20(36-2)27(19)37-3)32(28(35)26(22)34)13-7-11-30-14-16-38-17-15-30/h4-6,8-10,12,24,33H,7,11,13-17H2,1-3H3/b25-22+/t24-/m0/s1. The Morgan fingerprint density at radius 2 is 1.87 bits per heavy atom. The first-order valence-electron chi connectivity index (χ1n) is 12.7. The number of benzene rings is 1. The molecule has 1 N–H and O–H groups in total. The number of aliphatic hydroxyl groups excluding tert-OH is 1. The van der Waals surface area contributed by atoms with Crippen LogP contribution in [0, 0.1) is 6.92 Å². The minimum Gasteiger partial charge on any atom is -0.505 e. The van der Waals surface area contributed by atoms with Gasteiger partial charge in [-0.2, -0.15) is 0 Å². The first-order chi connectivity index (χ1) is 18.5. The van der Waals surface area contributed by atoms with Crippen LogP contribution in [0.5, 0.6) is 11.5 Å². The largest absolute Gasteiger partial charge is 0.505 e. The highest BCUT2D eigenvalue weighted by Crippen LogP contribution is 2.45. The minimum absolute atomic E-state index is 0.00155. The highest BCUT2D eigenvalue weighted by atomic mass is 16.5. The molecule has 10 nitrogen and oxygen atoms in total. The predicted octanol–water partition coefficient (Wildman–Crippen LogP) is 2.80. The molecule has 4 heterocycles. The fourth-order valence-electron chi connectivity index (χ4n) is 5.38. The topological polar surface area (TPSA) is 106 Å². The van der Waals surface area contributed by atoms with Crippen LogP contribution in [0.2, 0.25) is 0 Å². The third-order valence-corrected chi connectivity index (χ3v) is 7.17. The van der Waals surface area contributed by atoms with Crippen LogP contribution in [0.3, 0.4) is 0 Å². The zero-order chi connectivity index (χ0) is 26.8. The molecule has 1 amide bonds. The molecule has 2 aliphatic heterocycles. The maximum absolute atomic E-state index is 13.6. The van der Waals surface area contributed by atoms with Gasteiger partial charge in [0.2, 0.25) is 0 Å². The van der Waals surface area contributed by atoms with E-state index < -0.39 is 17.7 Å². The Morgan fingerprint density at radius 1 is 1.08 bits per heavy atom. The van der Waals surface area contributed by atoms with Crippen molar-refractivity contribution in [2.24, 2.45) is 0 Å². The number of Topliss-reactive ketones (excluding diaryl/α,β-unsaturated/α-hetero) is 1. The van der Waals surface area contributed by atoms with Crippen LogP contribution in [-0.2, 0) is 14.3 Å². The number of aromatic nitrogens is 2. The highest BCUT2D eigenvalue weighted by molar-refractivity contribution is 6.46. The van der Waals surface area contributed by atoms with Crippen molar-refractivity contribution in [1.82, 2.24) is 19.2 Å². The summed E-state index contributed by atoms with van der Waals surface area (Å²) in [5, 5.41) is 11.7. The van der Waals surface area contributed by atoms with E-state index >= 15 is 0 Å². The molecule has 38 heavy (non-hydrogen) atoms. The average Bonchev–Trinajstić information content (AvgIpc) is 3.41. The van der Waals surface area contributed by atoms with Gasteiger partial charge in [-0.3, -0.25) is 18.9 Å². The maximum Gasteiger partial charge on any atom is 0.295 e. The number of fused-ring (bicyclic) bond motifs is 1. The quantitative estimate of drug-likeness (QED) is 0.275. The highest BCUT2D eigenvalue weighted by Gasteiger charge is 2.47. The number of rotatable bonds is 8. The normalized spacial score (nSPS) is 19.9. The second-order valence-corrected chi connectivity index (χ2v) is 9.36. The molecule has 2 fully saturated rings. The monoisotopic (exact) mass is 520 g/mol. The van der Waals surface area contributed by atoms with Gasteiger partial charge in [0.05, 0.1) is 44.7 Å². The van der Waals surface area contributed by atoms with Gasteiger partial charge >= 0.3 is 0 Å². The van der Waals surface area contributed by atoms with Crippen molar-refractivity contribution < 1.29 is 28.9 Å². The molecule has 2 saturated heterocycles. The number of methoxy groups -OCH3 is 2. The molecule has 1 atom stereocenters. The number of likely N-dealkylation sites (tertiary alicyclic amines) is 1. The average molecular weight is 521 g/mol. The summed E-state index contributed by atoms with van der Waals surface area (Å²) in [4.78, 5) is 35.4. The number of nitrogens with zero attached hydrogens (tertiary/aromatic N) is 4. The Bertz CT molecular complexity index is 1390. The van der Waals surface area contributed by atoms with Gasteiger partial charge in [0, 0.05) is 37.9 Å². The van der Waals surface area contributed by atoms with Gasteiger partial charge in [0.1, 0.15) is 11.3 Å². The number of morpholine rings is 1. The lowest BCUT2D eigenvalue weighted by Gasteiger charge is -2.29. The van der Waals surface area contributed by atoms with Gasteiger partial charge in [-0.25, -0.2) is 4.98 Å². The summed E-state index contributed by atoms with van der Waals surface area (Å²) in [6.45, 7) is 5.89. The Hall–Kier alpha value is -3.89. The van der Waals surface area contributed by atoms with Crippen molar-refractivity contribution in [3.05, 3.63) is 65.1 Å². The molecule has 2 aliphatic rings. The van der Waals surface area contributed by atoms with Gasteiger partial charge in [-0.1, -0.05) is 18.2 Å². The number of carbonyl (C=O) groups excluding carboxylic acids is 2. The van der Waals surface area contributed by atoms with Gasteiger partial charge in [-0.05, 0) is 31.5 Å². The second kappa shape index (κ2) is 10.8. The van der Waals surface area contributed by atoms with Crippen LogP contribution in [0.1, 0.15) is 29.4 Å². The second-order valence-electron chi connectivity index (χ2n) is 9.36. The molecule has 10 heteroatoms. The molecule has 0 spiro atoms. The van der Waals surface area contributed by atoms with E-state index in [1.807, 2.05) is 18.2 Å². The molecule has 0 radical (unpaired) electrons. The molecule has 0 bridgehead atoms. The number of para-hydroxylation sites is 1. The van der Waals surface area contributed by atoms with Gasteiger partial charge in [0.25, 0.3) is 11.7 Å². The number of imidazole rings is 1. The van der Waals surface area contributed by atoms with E-state index in [4.69, 9.17) is 14.2 Å². The minimum atomic E-state index is -0.863. The molecule has 2 aromatic heterocycles. The van der Waals surface area contributed by atoms with E-state index in [9.17, 15) is 14.7 Å². The Morgan fingerprint density at radius 3 is 2.61 bits per heavy atom. The van der Waals surface area contributed by atoms with Crippen LogP contribution in [0.15, 0.2) is 48.2 Å². The van der Waals surface area contributed by atoms with E-state index in [-0.39, 0.29) is 11.3 Å². The lowest BCUT2D eigenvalue weighted by molar-refractivity contribution is -0.140. The van der Waals surface area contributed by atoms with E-state index in [0.717, 1.165) is 19.6 Å². The third kappa shape index (κ3) is 4.50. The molecular formula is C28H32N4O6. The summed E-state index contributed by atoms with van der Waals surface area (Å²) in [7, 11) is 3.04. The number of hydrogen-bond acceptors (Lipinski definition) is 8. The van der Waals surface area contributed by atoms with Crippen LogP contribution in [0.4, 0.5) is 0 Å². The fourth-order valence-corrected chi connectivity index (χ4v) is 5.38. The first kappa shape index (κ1) is 25.7. The fraction of sp³-hybridized carbons (Fsp3) is 0.393. The molecule has 5 rings (SSSR count). The molecule has 1 aromatic carbocycles. The van der Waals surface area contributed by atoms with Crippen molar-refractivity contribution in [3.8, 4) is 11.5 Å². The van der Waals surface area contributed by atoms with Crippen molar-refractivity contribution >= 4 is 23.1 Å². The molecule has 3 aromatic rings. The van der Waals surface area contributed by atoms with E-state index in [1.165, 1.54) is 19.1 Å². The Kier molecular flexibility index (Phi) is 7.35. The van der Waals surface area contributed by atoms with Crippen LogP contribution in [-0.4, -0.2) is 89.6 Å². The number of hydrogen-bond donors (Lipinski definition) is 1. The van der Waals surface area contributed by atoms with Crippen molar-refractivity contribution in [2.75, 3.05) is 53.6 Å². The summed E-state index contributed by atoms with van der Waals surface area (Å²) in [6.07, 6.45) is 2.43. The molecule has 200 valence electrons. The number of amides is 1. The first-order valence-corrected chi connectivity index (χ1v) is 12.7. The number of carbonyl (C=O) groups is 2. The number of ether oxygens (including phenoxy) is 3. The Balaban J connectivity index is 1.61. The van der Waals surface area contributed by atoms with E-state index in [0.29, 0.717) is 60.3 Å². The zero-order valence-corrected chi connectivity index (χ0v) is 21.8. The lowest BCUT2D eigenvalue weighted by atomic mass is 9.95. The van der Waals surface area contributed by atoms with Gasteiger partial charge in [0.15, 0.2) is 17.3 Å². The number of pyridine rings is 1. The number of aryl methyl sites for hydroxylation is 1. The van der Waals surface area contributed by atoms with E-state index in [2.05, 4.69) is 9.88 Å².